The number of nitrogens with one attached hydrogen (secondary N) is 1. The molecule has 0 unspecified atom stereocenters. The molecule has 0 saturated carbocycles. The molecule has 2 rings (SSSR count). The summed E-state index contributed by atoms with van der Waals surface area (Å²) in [6, 6.07) is 3.59. The van der Waals surface area contributed by atoms with E-state index in [1.165, 1.54) is 17.8 Å². The van der Waals surface area contributed by atoms with Gasteiger partial charge in [-0.3, -0.25) is 4.79 Å². The van der Waals surface area contributed by atoms with Gasteiger partial charge in [0.2, 0.25) is 11.8 Å². The monoisotopic (exact) mass is 341 g/mol. The van der Waals surface area contributed by atoms with Crippen molar-refractivity contribution in [3.05, 3.63) is 47.1 Å². The molecule has 8 heteroatoms. The highest BCUT2D eigenvalue weighted by molar-refractivity contribution is 7.99. The smallest absolute Gasteiger partial charge is 0.230 e. The Labute approximate surface area is 136 Å². The topological polar surface area (TPSA) is 68.0 Å². The molecule has 0 radical (unpaired) electrons. The molecule has 0 aliphatic carbocycles. The number of carbonyl (C=O) groups is 1. The van der Waals surface area contributed by atoms with Crippen molar-refractivity contribution in [2.45, 2.75) is 32.1 Å². The van der Waals surface area contributed by atoms with Crippen LogP contribution < -0.4 is 5.32 Å². The molecule has 0 aliphatic rings. The Bertz CT molecular complexity index is 704. The second kappa shape index (κ2) is 7.08. The van der Waals surface area contributed by atoms with E-state index in [1.54, 1.807) is 20.8 Å². The van der Waals surface area contributed by atoms with Crippen LogP contribution in [-0.2, 0) is 16.1 Å². The maximum atomic E-state index is 13.3. The van der Waals surface area contributed by atoms with Gasteiger partial charge in [0, 0.05) is 6.92 Å². The lowest BCUT2D eigenvalue weighted by molar-refractivity contribution is -0.120. The molecule has 1 N–H and O–H groups in total. The van der Waals surface area contributed by atoms with E-state index in [4.69, 9.17) is 4.52 Å². The molecule has 124 valence electrons. The molecular formula is C15H17F2N3O2S. The van der Waals surface area contributed by atoms with Gasteiger partial charge < -0.3 is 9.84 Å². The lowest BCUT2D eigenvalue weighted by Crippen LogP contribution is -2.42. The summed E-state index contributed by atoms with van der Waals surface area (Å²) < 4.78 is 31.2. The van der Waals surface area contributed by atoms with Crippen LogP contribution in [0.3, 0.4) is 0 Å². The molecule has 5 nitrogen and oxygen atoms in total. The molecule has 1 aromatic heterocycles. The Morgan fingerprint density at radius 1 is 1.35 bits per heavy atom. The summed E-state index contributed by atoms with van der Waals surface area (Å²) in [5.41, 5.74) is -0.321. The molecule has 0 aliphatic heterocycles. The fraction of sp³-hybridized carbons (Fsp3) is 0.400. The van der Waals surface area contributed by atoms with E-state index < -0.39 is 17.2 Å². The second-order valence-corrected chi connectivity index (χ2v) is 6.51. The third-order valence-corrected chi connectivity index (χ3v) is 4.06. The Balaban J connectivity index is 1.88. The Morgan fingerprint density at radius 3 is 2.70 bits per heavy atom. The number of amides is 1. The van der Waals surface area contributed by atoms with Gasteiger partial charge in [-0.2, -0.15) is 4.98 Å². The SMILES string of the molecule is Cc1nc(CSCC(=O)NC(C)(C)c2ccc(F)c(F)c2)no1. The van der Waals surface area contributed by atoms with E-state index >= 15 is 0 Å². The van der Waals surface area contributed by atoms with E-state index in [2.05, 4.69) is 15.5 Å². The van der Waals surface area contributed by atoms with Crippen molar-refractivity contribution in [1.29, 1.82) is 0 Å². The van der Waals surface area contributed by atoms with Gasteiger partial charge in [0.1, 0.15) is 0 Å². The summed E-state index contributed by atoms with van der Waals surface area (Å²) in [6.07, 6.45) is 0. The second-order valence-electron chi connectivity index (χ2n) is 5.52. The van der Waals surface area contributed by atoms with E-state index in [-0.39, 0.29) is 11.7 Å². The zero-order valence-electron chi connectivity index (χ0n) is 13.0. The molecule has 0 fully saturated rings. The molecule has 0 atom stereocenters. The summed E-state index contributed by atoms with van der Waals surface area (Å²) in [6.45, 7) is 5.15. The average molecular weight is 341 g/mol. The molecule has 1 heterocycles. The minimum atomic E-state index is -0.938. The summed E-state index contributed by atoms with van der Waals surface area (Å²) >= 11 is 1.34. The number of aromatic nitrogens is 2. The lowest BCUT2D eigenvalue weighted by Gasteiger charge is -2.27. The Hall–Kier alpha value is -1.96. The van der Waals surface area contributed by atoms with Gasteiger partial charge in [0.25, 0.3) is 0 Å². The first kappa shape index (κ1) is 17.4. The quantitative estimate of drug-likeness (QED) is 0.875. The van der Waals surface area contributed by atoms with Crippen LogP contribution >= 0.6 is 11.8 Å². The van der Waals surface area contributed by atoms with Crippen LogP contribution in [0.15, 0.2) is 22.7 Å². The number of halogens is 2. The molecule has 1 aromatic carbocycles. The van der Waals surface area contributed by atoms with Crippen LogP contribution in [0, 0.1) is 18.6 Å². The number of hydrogen-bond donors (Lipinski definition) is 1. The van der Waals surface area contributed by atoms with Crippen LogP contribution in [0.4, 0.5) is 8.78 Å². The lowest BCUT2D eigenvalue weighted by atomic mass is 9.94. The Morgan fingerprint density at radius 2 is 2.09 bits per heavy atom. The highest BCUT2D eigenvalue weighted by atomic mass is 32.2. The van der Waals surface area contributed by atoms with Crippen LogP contribution in [0.1, 0.15) is 31.1 Å². The van der Waals surface area contributed by atoms with Crippen LogP contribution in [0.5, 0.6) is 0 Å². The fourth-order valence-electron chi connectivity index (χ4n) is 1.98. The van der Waals surface area contributed by atoms with Crippen molar-refractivity contribution in [1.82, 2.24) is 15.5 Å². The van der Waals surface area contributed by atoms with Crippen molar-refractivity contribution >= 4 is 17.7 Å². The minimum Gasteiger partial charge on any atom is -0.346 e. The maximum Gasteiger partial charge on any atom is 0.230 e. The van der Waals surface area contributed by atoms with E-state index in [0.29, 0.717) is 23.0 Å². The number of nitrogens with zero attached hydrogens (tertiary/aromatic N) is 2. The fourth-order valence-corrected chi connectivity index (χ4v) is 2.64. The summed E-state index contributed by atoms with van der Waals surface area (Å²) in [5.74, 6) is -0.417. The molecule has 0 bridgehead atoms. The first-order valence-corrected chi connectivity index (χ1v) is 8.07. The zero-order chi connectivity index (χ0) is 17.0. The summed E-state index contributed by atoms with van der Waals surface area (Å²) in [7, 11) is 0. The molecule has 23 heavy (non-hydrogen) atoms. The van der Waals surface area contributed by atoms with Gasteiger partial charge in [-0.1, -0.05) is 11.2 Å². The van der Waals surface area contributed by atoms with Crippen molar-refractivity contribution in [3.8, 4) is 0 Å². The Kier molecular flexibility index (Phi) is 5.35. The molecule has 1 amide bonds. The van der Waals surface area contributed by atoms with Crippen molar-refractivity contribution in [3.63, 3.8) is 0 Å². The highest BCUT2D eigenvalue weighted by Gasteiger charge is 2.24. The number of rotatable bonds is 6. The van der Waals surface area contributed by atoms with Crippen molar-refractivity contribution in [2.75, 3.05) is 5.75 Å². The predicted molar refractivity (Wildman–Crippen MR) is 82.7 cm³/mol. The average Bonchev–Trinajstić information content (AvgIpc) is 2.87. The molecule has 0 spiro atoms. The first-order valence-electron chi connectivity index (χ1n) is 6.91. The maximum absolute atomic E-state index is 13.3. The van der Waals surface area contributed by atoms with Crippen molar-refractivity contribution < 1.29 is 18.1 Å². The van der Waals surface area contributed by atoms with Gasteiger partial charge >= 0.3 is 0 Å². The summed E-state index contributed by atoms with van der Waals surface area (Å²) in [4.78, 5) is 16.1. The van der Waals surface area contributed by atoms with Crippen LogP contribution in [-0.4, -0.2) is 21.8 Å². The number of thioether (sulfide) groups is 1. The van der Waals surface area contributed by atoms with Gasteiger partial charge in [0.15, 0.2) is 17.5 Å². The number of benzene rings is 1. The van der Waals surface area contributed by atoms with Crippen LogP contribution in [0.25, 0.3) is 0 Å². The molecule has 2 aromatic rings. The van der Waals surface area contributed by atoms with Gasteiger partial charge in [-0.05, 0) is 31.5 Å². The third-order valence-electron chi connectivity index (χ3n) is 3.13. The van der Waals surface area contributed by atoms with Gasteiger partial charge in [0.05, 0.1) is 17.0 Å². The number of hydrogen-bond acceptors (Lipinski definition) is 5. The number of carbonyl (C=O) groups excluding carboxylic acids is 1. The number of aryl methyl sites for hydroxylation is 1. The van der Waals surface area contributed by atoms with Gasteiger partial charge in [-0.25, -0.2) is 8.78 Å². The zero-order valence-corrected chi connectivity index (χ0v) is 13.8. The molecule has 0 saturated heterocycles. The third kappa shape index (κ3) is 4.75. The predicted octanol–water partition coefficient (Wildman–Crippen LogP) is 2.94. The minimum absolute atomic E-state index is 0.195. The van der Waals surface area contributed by atoms with Crippen LogP contribution in [0.2, 0.25) is 0 Å². The largest absolute Gasteiger partial charge is 0.346 e. The van der Waals surface area contributed by atoms with E-state index in [0.717, 1.165) is 12.1 Å². The standard InChI is InChI=1S/C15H17F2N3O2S/c1-9-18-13(20-22-9)7-23-8-14(21)19-15(2,3)10-4-5-11(16)12(17)6-10/h4-6H,7-8H2,1-3H3,(H,19,21). The normalized spacial score (nSPS) is 11.5. The highest BCUT2D eigenvalue weighted by Crippen LogP contribution is 2.22. The molecular weight excluding hydrogens is 324 g/mol. The summed E-state index contributed by atoms with van der Waals surface area (Å²) in [5, 5.41) is 6.53. The van der Waals surface area contributed by atoms with Gasteiger partial charge in [-0.15, -0.1) is 11.8 Å². The van der Waals surface area contributed by atoms with E-state index in [9.17, 15) is 13.6 Å². The van der Waals surface area contributed by atoms with Crippen molar-refractivity contribution in [2.24, 2.45) is 0 Å². The van der Waals surface area contributed by atoms with E-state index in [1.807, 2.05) is 0 Å². The first-order chi connectivity index (χ1) is 10.8.